The molecule has 1 aromatic rings. The number of benzene rings is 1. The Morgan fingerprint density at radius 1 is 1.03 bits per heavy atom. The molecule has 0 aliphatic carbocycles. The number of piperazine rings is 1. The van der Waals surface area contributed by atoms with Crippen LogP contribution < -0.4 is 10.2 Å². The molecule has 0 radical (unpaired) electrons. The van der Waals surface area contributed by atoms with Crippen LogP contribution in [-0.4, -0.2) is 77.1 Å². The lowest BCUT2D eigenvalue weighted by atomic mass is 10.0. The number of piperidine rings is 1. The van der Waals surface area contributed by atoms with Crippen LogP contribution in [0, 0.1) is 0 Å². The molecule has 3 aliphatic rings. The molecule has 0 saturated carbocycles. The molecule has 10 nitrogen and oxygen atoms in total. The molecule has 176 valence electrons. The van der Waals surface area contributed by atoms with Gasteiger partial charge in [-0.2, -0.15) is 0 Å². The lowest BCUT2D eigenvalue weighted by molar-refractivity contribution is -0.151. The molecule has 3 aliphatic heterocycles. The van der Waals surface area contributed by atoms with E-state index in [-0.39, 0.29) is 17.5 Å². The van der Waals surface area contributed by atoms with E-state index in [2.05, 4.69) is 0 Å². The Morgan fingerprint density at radius 3 is 2.27 bits per heavy atom. The van der Waals surface area contributed by atoms with Crippen LogP contribution in [0.25, 0.3) is 0 Å². The molecule has 1 atom stereocenters. The predicted molar refractivity (Wildman–Crippen MR) is 113 cm³/mol. The summed E-state index contributed by atoms with van der Waals surface area (Å²) in [6.07, 6.45) is -1.30. The average molecular weight is 460 g/mol. The van der Waals surface area contributed by atoms with Crippen molar-refractivity contribution in [1.82, 2.24) is 15.1 Å². The molecule has 11 heteroatoms. The number of anilines is 1. The molecular weight excluding hydrogens is 435 g/mol. The van der Waals surface area contributed by atoms with Gasteiger partial charge in [-0.1, -0.05) is 0 Å². The zero-order chi connectivity index (χ0) is 24.1. The van der Waals surface area contributed by atoms with Crippen molar-refractivity contribution in [2.24, 2.45) is 0 Å². The molecule has 3 heterocycles. The Hall–Kier alpha value is -3.50. The van der Waals surface area contributed by atoms with E-state index in [4.69, 9.17) is 4.74 Å². The third-order valence-corrected chi connectivity index (χ3v) is 5.81. The Bertz CT molecular complexity index is 1060. The first kappa shape index (κ1) is 22.7. The summed E-state index contributed by atoms with van der Waals surface area (Å²) in [6.45, 7) is 7.15. The number of imide groups is 2. The first-order valence-electron chi connectivity index (χ1n) is 10.7. The van der Waals surface area contributed by atoms with E-state index in [1.807, 2.05) is 10.2 Å². The second kappa shape index (κ2) is 7.82. The highest BCUT2D eigenvalue weighted by molar-refractivity contribution is 6.24. The third kappa shape index (κ3) is 4.03. The summed E-state index contributed by atoms with van der Waals surface area (Å²) >= 11 is 0. The zero-order valence-electron chi connectivity index (χ0n) is 18.6. The van der Waals surface area contributed by atoms with Crippen LogP contribution in [0.15, 0.2) is 18.2 Å². The second-order valence-electron chi connectivity index (χ2n) is 9.27. The molecule has 2 saturated heterocycles. The van der Waals surface area contributed by atoms with Gasteiger partial charge in [-0.25, -0.2) is 14.1 Å². The number of halogens is 1. The van der Waals surface area contributed by atoms with E-state index < -0.39 is 47.5 Å². The number of alkyl halides is 1. The molecule has 33 heavy (non-hydrogen) atoms. The molecule has 2 fully saturated rings. The van der Waals surface area contributed by atoms with Crippen molar-refractivity contribution in [2.45, 2.75) is 45.0 Å². The van der Waals surface area contributed by atoms with E-state index in [0.29, 0.717) is 36.8 Å². The van der Waals surface area contributed by atoms with Crippen molar-refractivity contribution in [3.63, 3.8) is 0 Å². The highest BCUT2D eigenvalue weighted by atomic mass is 19.1. The Balaban J connectivity index is 1.50. The van der Waals surface area contributed by atoms with Gasteiger partial charge in [-0.15, -0.1) is 0 Å². The number of rotatable bonds is 2. The maximum absolute atomic E-state index is 15.5. The van der Waals surface area contributed by atoms with Crippen molar-refractivity contribution in [3.8, 4) is 0 Å². The molecule has 0 spiro atoms. The third-order valence-electron chi connectivity index (χ3n) is 5.81. The molecule has 1 N–H and O–H groups in total. The molecule has 0 aromatic heterocycles. The van der Waals surface area contributed by atoms with Crippen LogP contribution in [-0.2, 0) is 14.3 Å². The summed E-state index contributed by atoms with van der Waals surface area (Å²) < 4.78 is 20.9. The number of carbonyl (C=O) groups is 5. The Morgan fingerprint density at radius 2 is 1.67 bits per heavy atom. The largest absolute Gasteiger partial charge is 0.444 e. The van der Waals surface area contributed by atoms with Crippen LogP contribution in [0.3, 0.4) is 0 Å². The number of nitrogens with zero attached hydrogens (tertiary/aromatic N) is 3. The highest BCUT2D eigenvalue weighted by Crippen LogP contribution is 2.36. The fourth-order valence-corrected chi connectivity index (χ4v) is 4.11. The zero-order valence-corrected chi connectivity index (χ0v) is 18.6. The second-order valence-corrected chi connectivity index (χ2v) is 9.27. The van der Waals surface area contributed by atoms with Gasteiger partial charge in [-0.05, 0) is 39.0 Å². The SMILES string of the molecule is CC(C)(C)OC(=O)N1CCN(c2ccc3c(c2)C(=O)N(C2(F)CCC(=O)NC2=O)C3=O)CC1. The summed E-state index contributed by atoms with van der Waals surface area (Å²) in [5.41, 5.74) is 0.0342. The molecule has 0 bridgehead atoms. The van der Waals surface area contributed by atoms with Crippen molar-refractivity contribution < 1.29 is 33.1 Å². The number of hydrogen-bond acceptors (Lipinski definition) is 7. The number of ether oxygens (including phenoxy) is 1. The monoisotopic (exact) mass is 460 g/mol. The van der Waals surface area contributed by atoms with E-state index >= 15 is 4.39 Å². The smallest absolute Gasteiger partial charge is 0.410 e. The van der Waals surface area contributed by atoms with Crippen molar-refractivity contribution in [3.05, 3.63) is 29.3 Å². The lowest BCUT2D eigenvalue weighted by Crippen LogP contribution is -2.61. The molecule has 1 unspecified atom stereocenters. The van der Waals surface area contributed by atoms with Crippen LogP contribution in [0.2, 0.25) is 0 Å². The van der Waals surface area contributed by atoms with E-state index in [0.717, 1.165) is 0 Å². The number of hydrogen-bond donors (Lipinski definition) is 1. The number of amides is 5. The van der Waals surface area contributed by atoms with Crippen molar-refractivity contribution >= 4 is 35.4 Å². The summed E-state index contributed by atoms with van der Waals surface area (Å²) in [5, 5.41) is 1.86. The number of nitrogens with one attached hydrogen (secondary N) is 1. The van der Waals surface area contributed by atoms with Gasteiger partial charge in [0.05, 0.1) is 11.1 Å². The maximum atomic E-state index is 15.5. The fraction of sp³-hybridized carbons (Fsp3) is 0.500. The van der Waals surface area contributed by atoms with Crippen LogP contribution in [0.5, 0.6) is 0 Å². The molecule has 1 aromatic carbocycles. The van der Waals surface area contributed by atoms with E-state index in [1.165, 1.54) is 12.1 Å². The summed E-state index contributed by atoms with van der Waals surface area (Å²) in [4.78, 5) is 65.4. The molecule has 5 amide bonds. The minimum absolute atomic E-state index is 0.00198. The van der Waals surface area contributed by atoms with Gasteiger partial charge in [0.15, 0.2) is 0 Å². The normalized spacial score (nSPS) is 23.6. The first-order chi connectivity index (χ1) is 15.4. The topological polar surface area (TPSA) is 116 Å². The van der Waals surface area contributed by atoms with Gasteiger partial charge in [-0.3, -0.25) is 24.5 Å². The minimum atomic E-state index is -2.92. The standard InChI is InChI=1S/C22H25FN4O6/c1-21(2,3)33-20(32)26-10-8-25(9-11-26)13-4-5-14-15(12-13)18(30)27(17(14)29)22(23)7-6-16(28)24-19(22)31/h4-5,12H,6-11H2,1-3H3,(H,24,28,31). The minimum Gasteiger partial charge on any atom is -0.444 e. The first-order valence-corrected chi connectivity index (χ1v) is 10.7. The van der Waals surface area contributed by atoms with Crippen LogP contribution in [0.1, 0.15) is 54.3 Å². The van der Waals surface area contributed by atoms with Gasteiger partial charge in [0.25, 0.3) is 23.5 Å². The van der Waals surface area contributed by atoms with Crippen molar-refractivity contribution in [1.29, 1.82) is 0 Å². The van der Waals surface area contributed by atoms with Crippen LogP contribution in [0.4, 0.5) is 14.9 Å². The Kier molecular flexibility index (Phi) is 5.38. The van der Waals surface area contributed by atoms with Crippen molar-refractivity contribution in [2.75, 3.05) is 31.1 Å². The van der Waals surface area contributed by atoms with Gasteiger partial charge < -0.3 is 14.5 Å². The number of fused-ring (bicyclic) bond motifs is 1. The lowest BCUT2D eigenvalue weighted by Gasteiger charge is -2.36. The predicted octanol–water partition coefficient (Wildman–Crippen LogP) is 1.44. The summed E-state index contributed by atoms with van der Waals surface area (Å²) in [6, 6.07) is 4.57. The van der Waals surface area contributed by atoms with E-state index in [9.17, 15) is 24.0 Å². The molecule has 4 rings (SSSR count). The van der Waals surface area contributed by atoms with Gasteiger partial charge in [0.1, 0.15) is 5.60 Å². The quantitative estimate of drug-likeness (QED) is 0.524. The average Bonchev–Trinajstić information content (AvgIpc) is 3.00. The Labute approximate surface area is 189 Å². The molecular formula is C22H25FN4O6. The summed E-state index contributed by atoms with van der Waals surface area (Å²) in [7, 11) is 0. The summed E-state index contributed by atoms with van der Waals surface area (Å²) in [5.74, 6) is -6.72. The number of carbonyl (C=O) groups excluding carboxylic acids is 5. The van der Waals surface area contributed by atoms with Gasteiger partial charge >= 0.3 is 6.09 Å². The highest BCUT2D eigenvalue weighted by Gasteiger charge is 2.56. The van der Waals surface area contributed by atoms with Gasteiger partial charge in [0, 0.05) is 44.7 Å². The van der Waals surface area contributed by atoms with Crippen LogP contribution >= 0.6 is 0 Å². The van der Waals surface area contributed by atoms with E-state index in [1.54, 1.807) is 31.7 Å². The fourth-order valence-electron chi connectivity index (χ4n) is 4.11. The maximum Gasteiger partial charge on any atom is 0.410 e. The van der Waals surface area contributed by atoms with Gasteiger partial charge in [0.2, 0.25) is 5.91 Å².